The Labute approximate surface area is 133 Å². The van der Waals surface area contributed by atoms with Crippen LogP contribution in [0.5, 0.6) is 0 Å². The quantitative estimate of drug-likeness (QED) is 0.695. The summed E-state index contributed by atoms with van der Waals surface area (Å²) >= 11 is 1.41. The number of alkyl halides is 3. The lowest BCUT2D eigenvalue weighted by molar-refractivity contribution is -0.138. The van der Waals surface area contributed by atoms with Gasteiger partial charge in [-0.15, -0.1) is 0 Å². The summed E-state index contributed by atoms with van der Waals surface area (Å²) in [5.41, 5.74) is -0.866. The van der Waals surface area contributed by atoms with Crippen LogP contribution in [0.3, 0.4) is 0 Å². The van der Waals surface area contributed by atoms with Gasteiger partial charge in [0.05, 0.1) is 10.3 Å². The van der Waals surface area contributed by atoms with Crippen LogP contribution in [0, 0.1) is 0 Å². The zero-order valence-electron chi connectivity index (χ0n) is 11.8. The summed E-state index contributed by atoms with van der Waals surface area (Å²) in [6.07, 6.45) is -2.90. The van der Waals surface area contributed by atoms with Crippen molar-refractivity contribution in [2.45, 2.75) is 6.18 Å². The minimum absolute atomic E-state index is 0.155. The summed E-state index contributed by atoms with van der Waals surface area (Å²) < 4.78 is 42.6. The molecule has 0 aliphatic rings. The lowest BCUT2D eigenvalue weighted by Gasteiger charge is -2.08. The van der Waals surface area contributed by atoms with Crippen LogP contribution >= 0.6 is 11.5 Å². The molecule has 120 valence electrons. The zero-order valence-corrected chi connectivity index (χ0v) is 12.6. The van der Waals surface area contributed by atoms with Gasteiger partial charge in [-0.2, -0.15) is 17.5 Å². The van der Waals surface area contributed by atoms with Gasteiger partial charge < -0.3 is 10.6 Å². The standard InChI is InChI=1S/C14H12F3N5S/c15-14(16,17)9-7-20-13(21-8-9)19-6-5-18-12-10-3-1-2-4-11(10)23-22-12/h1-4,7-8H,5-6H2,(H,18,22)(H,19,20,21). The predicted octanol–water partition coefficient (Wildman–Crippen LogP) is 3.63. The Morgan fingerprint density at radius 1 is 1.00 bits per heavy atom. The molecule has 2 heterocycles. The first kappa shape index (κ1) is 15.5. The van der Waals surface area contributed by atoms with Gasteiger partial charge in [-0.1, -0.05) is 12.1 Å². The van der Waals surface area contributed by atoms with Gasteiger partial charge in [0.1, 0.15) is 5.82 Å². The second-order valence-corrected chi connectivity index (χ2v) is 5.48. The summed E-state index contributed by atoms with van der Waals surface area (Å²) in [5, 5.41) is 7.08. The topological polar surface area (TPSA) is 62.7 Å². The van der Waals surface area contributed by atoms with E-state index in [-0.39, 0.29) is 5.95 Å². The van der Waals surface area contributed by atoms with Crippen LogP contribution < -0.4 is 10.6 Å². The molecule has 2 N–H and O–H groups in total. The van der Waals surface area contributed by atoms with Crippen molar-refractivity contribution in [2.24, 2.45) is 0 Å². The van der Waals surface area contributed by atoms with Gasteiger partial charge in [-0.25, -0.2) is 9.97 Å². The van der Waals surface area contributed by atoms with Crippen molar-refractivity contribution in [3.05, 3.63) is 42.2 Å². The molecule has 0 unspecified atom stereocenters. The number of benzene rings is 1. The van der Waals surface area contributed by atoms with Crippen LogP contribution in [0.2, 0.25) is 0 Å². The molecular formula is C14H12F3N5S. The summed E-state index contributed by atoms with van der Waals surface area (Å²) in [6, 6.07) is 7.87. The summed E-state index contributed by atoms with van der Waals surface area (Å²) in [6.45, 7) is 0.995. The number of rotatable bonds is 5. The number of aromatic nitrogens is 3. The van der Waals surface area contributed by atoms with Crippen molar-refractivity contribution in [3.63, 3.8) is 0 Å². The van der Waals surface area contributed by atoms with Crippen molar-refractivity contribution in [2.75, 3.05) is 23.7 Å². The van der Waals surface area contributed by atoms with Gasteiger partial charge in [-0.3, -0.25) is 0 Å². The molecule has 0 aliphatic carbocycles. The van der Waals surface area contributed by atoms with E-state index in [4.69, 9.17) is 0 Å². The molecule has 9 heteroatoms. The van der Waals surface area contributed by atoms with Crippen molar-refractivity contribution in [1.82, 2.24) is 14.3 Å². The Hall–Kier alpha value is -2.42. The third-order valence-corrected chi connectivity index (χ3v) is 3.88. The molecular weight excluding hydrogens is 327 g/mol. The van der Waals surface area contributed by atoms with Gasteiger partial charge in [0, 0.05) is 30.9 Å². The van der Waals surface area contributed by atoms with Gasteiger partial charge in [0.2, 0.25) is 5.95 Å². The van der Waals surface area contributed by atoms with Crippen molar-refractivity contribution in [3.8, 4) is 0 Å². The van der Waals surface area contributed by atoms with E-state index in [1.54, 1.807) is 0 Å². The second-order valence-electron chi connectivity index (χ2n) is 4.67. The molecule has 0 saturated carbocycles. The predicted molar refractivity (Wildman–Crippen MR) is 83.6 cm³/mol. The monoisotopic (exact) mass is 339 g/mol. The summed E-state index contributed by atoms with van der Waals surface area (Å²) in [5.74, 6) is 0.948. The normalized spacial score (nSPS) is 11.6. The summed E-state index contributed by atoms with van der Waals surface area (Å²) in [4.78, 5) is 7.29. The third-order valence-electron chi connectivity index (χ3n) is 3.06. The summed E-state index contributed by atoms with van der Waals surface area (Å²) in [7, 11) is 0. The second kappa shape index (κ2) is 6.37. The fourth-order valence-electron chi connectivity index (χ4n) is 1.93. The molecule has 1 aromatic carbocycles. The molecule has 0 spiro atoms. The molecule has 0 bridgehead atoms. The van der Waals surface area contributed by atoms with Crippen LogP contribution in [0.25, 0.3) is 10.1 Å². The molecule has 2 aromatic heterocycles. The highest BCUT2D eigenvalue weighted by Crippen LogP contribution is 2.28. The molecule has 0 fully saturated rings. The van der Waals surface area contributed by atoms with Crippen LogP contribution in [0.15, 0.2) is 36.7 Å². The molecule has 3 rings (SSSR count). The Morgan fingerprint density at radius 3 is 2.43 bits per heavy atom. The lowest BCUT2D eigenvalue weighted by Crippen LogP contribution is -2.16. The number of anilines is 2. The van der Waals surface area contributed by atoms with Crippen LogP contribution in [-0.2, 0) is 6.18 Å². The highest BCUT2D eigenvalue weighted by molar-refractivity contribution is 7.13. The van der Waals surface area contributed by atoms with E-state index in [1.807, 2.05) is 24.3 Å². The van der Waals surface area contributed by atoms with Crippen LogP contribution in [-0.4, -0.2) is 27.4 Å². The first-order chi connectivity index (χ1) is 11.0. The van der Waals surface area contributed by atoms with Gasteiger partial charge in [0.15, 0.2) is 0 Å². The Balaban J connectivity index is 1.52. The smallest absolute Gasteiger partial charge is 0.367 e. The van der Waals surface area contributed by atoms with E-state index in [0.29, 0.717) is 13.1 Å². The maximum atomic E-state index is 12.4. The number of hydrogen-bond donors (Lipinski definition) is 2. The molecule has 23 heavy (non-hydrogen) atoms. The van der Waals surface area contributed by atoms with Crippen molar-refractivity contribution in [1.29, 1.82) is 0 Å². The average Bonchev–Trinajstić information content (AvgIpc) is 2.94. The Bertz CT molecular complexity index is 785. The van der Waals surface area contributed by atoms with Crippen LogP contribution in [0.4, 0.5) is 24.9 Å². The van der Waals surface area contributed by atoms with E-state index >= 15 is 0 Å². The molecule has 5 nitrogen and oxygen atoms in total. The fourth-order valence-corrected chi connectivity index (χ4v) is 2.69. The fraction of sp³-hybridized carbons (Fsp3) is 0.214. The number of hydrogen-bond acceptors (Lipinski definition) is 6. The molecule has 0 saturated heterocycles. The third kappa shape index (κ3) is 3.67. The molecule has 0 atom stereocenters. The van der Waals surface area contributed by atoms with E-state index in [0.717, 1.165) is 28.3 Å². The minimum Gasteiger partial charge on any atom is -0.367 e. The largest absolute Gasteiger partial charge is 0.419 e. The van der Waals surface area contributed by atoms with Crippen molar-refractivity contribution < 1.29 is 13.2 Å². The van der Waals surface area contributed by atoms with Crippen LogP contribution in [0.1, 0.15) is 5.56 Å². The number of nitrogens with one attached hydrogen (secondary N) is 2. The molecule has 3 aromatic rings. The SMILES string of the molecule is FC(F)(F)c1cnc(NCCNc2nsc3ccccc23)nc1. The maximum absolute atomic E-state index is 12.4. The molecule has 0 amide bonds. The Kier molecular flexibility index (Phi) is 4.28. The van der Waals surface area contributed by atoms with E-state index in [1.165, 1.54) is 11.5 Å². The first-order valence-corrected chi connectivity index (χ1v) is 7.53. The minimum atomic E-state index is -4.42. The highest BCUT2D eigenvalue weighted by Gasteiger charge is 2.31. The first-order valence-electron chi connectivity index (χ1n) is 6.75. The zero-order chi connectivity index (χ0) is 16.3. The van der Waals surface area contributed by atoms with Gasteiger partial charge in [-0.05, 0) is 23.7 Å². The molecule has 0 radical (unpaired) electrons. The van der Waals surface area contributed by atoms with E-state index in [2.05, 4.69) is 25.0 Å². The number of halogens is 3. The average molecular weight is 339 g/mol. The number of fused-ring (bicyclic) bond motifs is 1. The van der Waals surface area contributed by atoms with E-state index in [9.17, 15) is 13.2 Å². The maximum Gasteiger partial charge on any atom is 0.419 e. The Morgan fingerprint density at radius 2 is 1.70 bits per heavy atom. The lowest BCUT2D eigenvalue weighted by atomic mass is 10.2. The highest BCUT2D eigenvalue weighted by atomic mass is 32.1. The van der Waals surface area contributed by atoms with Crippen molar-refractivity contribution >= 4 is 33.4 Å². The van der Waals surface area contributed by atoms with Gasteiger partial charge in [0.25, 0.3) is 0 Å². The number of nitrogens with zero attached hydrogens (tertiary/aromatic N) is 3. The van der Waals surface area contributed by atoms with E-state index < -0.39 is 11.7 Å². The molecule has 0 aliphatic heterocycles. The van der Waals surface area contributed by atoms with Gasteiger partial charge >= 0.3 is 6.18 Å².